The minimum atomic E-state index is -1.66. The van der Waals surface area contributed by atoms with Gasteiger partial charge in [0, 0.05) is 86.1 Å². The number of amides is 11. The Morgan fingerprint density at radius 1 is 0.536 bits per heavy atom. The van der Waals surface area contributed by atoms with E-state index in [0.29, 0.717) is 5.75 Å². The van der Waals surface area contributed by atoms with E-state index in [2.05, 4.69) is 26.2 Å². The number of nitrogens with zero attached hydrogens (tertiary/aromatic N) is 8. The Morgan fingerprint density at radius 3 is 1.48 bits per heavy atom. The molecule has 0 radical (unpaired) electrons. The molecule has 0 bridgehead atoms. The van der Waals surface area contributed by atoms with E-state index in [0.717, 1.165) is 47.4 Å². The summed E-state index contributed by atoms with van der Waals surface area (Å²) in [4.78, 5) is 176. The van der Waals surface area contributed by atoms with Crippen molar-refractivity contribution in [3.05, 3.63) is 12.2 Å². The summed E-state index contributed by atoms with van der Waals surface area (Å²) in [5.74, 6) is -7.49. The molecule has 6 N–H and O–H groups in total. The molecule has 556 valence electrons. The van der Waals surface area contributed by atoms with Crippen molar-refractivity contribution in [2.45, 2.75) is 241 Å². The van der Waals surface area contributed by atoms with E-state index in [1.807, 2.05) is 59.4 Å². The molecule has 0 saturated carbocycles. The maximum absolute atomic E-state index is 15.5. The molecule has 2 heterocycles. The van der Waals surface area contributed by atoms with Gasteiger partial charge in [0.2, 0.25) is 65.0 Å². The van der Waals surface area contributed by atoms with Gasteiger partial charge in [-0.25, -0.2) is 0 Å². The molecule has 0 aromatic rings. The number of aliphatic hydroxyl groups is 2. The first kappa shape index (κ1) is 87.6. The third-order valence-electron chi connectivity index (χ3n) is 18.5. The minimum Gasteiger partial charge on any atom is -0.390 e. The van der Waals surface area contributed by atoms with Crippen LogP contribution in [-0.4, -0.2) is 285 Å². The van der Waals surface area contributed by atoms with Gasteiger partial charge in [-0.05, 0) is 121 Å². The van der Waals surface area contributed by atoms with Crippen LogP contribution >= 0.6 is 23.5 Å². The number of rotatable bonds is 21. The van der Waals surface area contributed by atoms with Gasteiger partial charge in [-0.1, -0.05) is 95.2 Å². The highest BCUT2D eigenvalue weighted by Crippen LogP contribution is 2.27. The molecule has 0 aromatic carbocycles. The van der Waals surface area contributed by atoms with Gasteiger partial charge >= 0.3 is 0 Å². The largest absolute Gasteiger partial charge is 0.390 e. The first-order valence-corrected chi connectivity index (χ1v) is 37.3. The Balaban J connectivity index is 3.11. The predicted octanol–water partition coefficient (Wildman–Crippen LogP) is 3.92. The van der Waals surface area contributed by atoms with Crippen LogP contribution in [0.5, 0.6) is 0 Å². The van der Waals surface area contributed by atoms with Gasteiger partial charge in [0.25, 0.3) is 0 Å². The maximum Gasteiger partial charge on any atom is 0.246 e. The molecule has 0 spiro atoms. The molecule has 2 saturated heterocycles. The SMILES string of the molecule is C/C=C/C[C@@H](C)[C@@H](O)[C@H]1C(=O)N[C@@H](CC)C(=O)N(C)[C@H](CSCCCN2CCSCC2)C(=O)N(C)[C@@H](CC(C)(C)O)C(=O)N[C@@H](C(C)C)C(=O)N(C)[C@@H](CC(C)C)C(=O)N[C@@H](C)C(=O)N[C@H](C)C(=O)N(C)[C@@H](CC(C)C)C(=O)N(C)[C@@H](CC(C)C)C(=O)N(C)[C@@H](C(C)C)C(=O)N1C. The average molecular weight is 1410 g/mol. The summed E-state index contributed by atoms with van der Waals surface area (Å²) in [5.41, 5.74) is -1.58. The van der Waals surface area contributed by atoms with Crippen molar-refractivity contribution in [1.82, 2.24) is 60.5 Å². The Morgan fingerprint density at radius 2 is 0.990 bits per heavy atom. The second-order valence-corrected chi connectivity index (χ2v) is 32.0. The van der Waals surface area contributed by atoms with Gasteiger partial charge in [0.1, 0.15) is 66.5 Å². The lowest BCUT2D eigenvalue weighted by atomic mass is 9.91. The predicted molar refractivity (Wildman–Crippen MR) is 385 cm³/mol. The first-order chi connectivity index (χ1) is 45.0. The number of hydrogen-bond acceptors (Lipinski definition) is 16. The van der Waals surface area contributed by atoms with Crippen LogP contribution in [0.25, 0.3) is 0 Å². The summed E-state index contributed by atoms with van der Waals surface area (Å²) in [5, 5.41) is 34.9. The lowest BCUT2D eigenvalue weighted by Crippen LogP contribution is -2.64. The molecule has 11 amide bonds. The fraction of sp³-hybridized carbons (Fsp3) is 0.814. The topological polar surface area (TPSA) is 302 Å². The zero-order chi connectivity index (χ0) is 74.4. The van der Waals surface area contributed by atoms with Crippen LogP contribution in [0.2, 0.25) is 0 Å². The Labute approximate surface area is 589 Å². The van der Waals surface area contributed by atoms with Gasteiger partial charge in [-0.15, -0.1) is 0 Å². The number of nitrogens with one attached hydrogen (secondary N) is 4. The van der Waals surface area contributed by atoms with Crippen molar-refractivity contribution in [3.8, 4) is 0 Å². The highest BCUT2D eigenvalue weighted by atomic mass is 32.2. The number of carbonyl (C=O) groups excluding carboxylic acids is 11. The third-order valence-corrected chi connectivity index (χ3v) is 20.6. The molecule has 27 heteroatoms. The van der Waals surface area contributed by atoms with Crippen LogP contribution < -0.4 is 21.3 Å². The Hall–Kier alpha value is -5.51. The van der Waals surface area contributed by atoms with Crippen molar-refractivity contribution in [1.29, 1.82) is 0 Å². The molecule has 0 unspecified atom stereocenters. The Bertz CT molecular complexity index is 2650. The molecule has 0 aliphatic carbocycles. The summed E-state index contributed by atoms with van der Waals surface area (Å²) in [6, 6.07) is -14.3. The van der Waals surface area contributed by atoms with Crippen molar-refractivity contribution < 1.29 is 63.0 Å². The molecular formula is C70H126N12O13S2. The molecule has 2 rings (SSSR count). The Kier molecular flexibility index (Phi) is 36.7. The highest BCUT2D eigenvalue weighted by Gasteiger charge is 2.47. The molecular weight excluding hydrogens is 1280 g/mol. The van der Waals surface area contributed by atoms with E-state index >= 15 is 33.6 Å². The van der Waals surface area contributed by atoms with Gasteiger partial charge < -0.3 is 70.7 Å². The number of allylic oxidation sites excluding steroid dienone is 2. The standard InChI is InChI=1S/C70H126N12O13S2/c1-25-27-29-46(13)58(83)57-62(87)73-49(26-2)64(89)79(22)54(40-97-33-28-30-82-31-34-96-35-32-82)67(92)78(21)53(39-70(16,17)95)61(86)74-55(44(9)10)68(93)75(18)50(36-41(3)4)60(85)71-47(14)59(84)72-48(15)63(88)76(19)51(37-42(5)6)65(90)77(20)52(38-43(7)8)66(91)80(23)56(45(11)12)69(94)81(57)24/h25,27,41-58,83,95H,26,28-40H2,1-24H3,(H,71,85)(H,72,84)(H,73,87)(H,74,86)/b27-25+/t46-,47+,48-,49+,50+,51+,52+,53+,54-,55+,56+,57+,58-/m1/s1. The average Bonchev–Trinajstić information content (AvgIpc) is 0.808. The smallest absolute Gasteiger partial charge is 0.246 e. The molecule has 97 heavy (non-hydrogen) atoms. The van der Waals surface area contributed by atoms with E-state index in [4.69, 9.17) is 0 Å². The van der Waals surface area contributed by atoms with Crippen LogP contribution in [0, 0.1) is 35.5 Å². The minimum absolute atomic E-state index is 0.0195. The van der Waals surface area contributed by atoms with Gasteiger partial charge in [-0.3, -0.25) is 52.7 Å². The number of hydrogen-bond donors (Lipinski definition) is 6. The summed E-state index contributed by atoms with van der Waals surface area (Å²) < 4.78 is 0. The normalized spacial score (nSPS) is 27.1. The zero-order valence-corrected chi connectivity index (χ0v) is 64.9. The van der Waals surface area contributed by atoms with E-state index in [1.54, 1.807) is 54.5 Å². The molecule has 0 aromatic heterocycles. The lowest BCUT2D eigenvalue weighted by Gasteiger charge is -2.41. The van der Waals surface area contributed by atoms with E-state index < -0.39 is 161 Å². The van der Waals surface area contributed by atoms with E-state index in [9.17, 15) is 29.4 Å². The molecule has 2 aliphatic rings. The quantitative estimate of drug-likeness (QED) is 0.0701. The summed E-state index contributed by atoms with van der Waals surface area (Å²) in [7, 11) is 9.94. The van der Waals surface area contributed by atoms with E-state index in [1.165, 1.54) is 113 Å². The fourth-order valence-corrected chi connectivity index (χ4v) is 14.5. The van der Waals surface area contributed by atoms with E-state index in [-0.39, 0.29) is 62.0 Å². The van der Waals surface area contributed by atoms with Crippen molar-refractivity contribution in [2.24, 2.45) is 35.5 Å². The lowest BCUT2D eigenvalue weighted by molar-refractivity contribution is -0.157. The number of likely N-dealkylation sites (N-methyl/N-ethyl adjacent to an activating group) is 7. The van der Waals surface area contributed by atoms with Crippen LogP contribution in [0.4, 0.5) is 0 Å². The third kappa shape index (κ3) is 25.9. The van der Waals surface area contributed by atoms with Crippen molar-refractivity contribution in [3.63, 3.8) is 0 Å². The number of aliphatic hydroxyl groups excluding tert-OH is 1. The highest BCUT2D eigenvalue weighted by molar-refractivity contribution is 7.99. The molecule has 13 atom stereocenters. The van der Waals surface area contributed by atoms with Crippen molar-refractivity contribution >= 4 is 88.5 Å². The van der Waals surface area contributed by atoms with Gasteiger partial charge in [0.05, 0.1) is 11.7 Å². The van der Waals surface area contributed by atoms with Crippen LogP contribution in [0.3, 0.4) is 0 Å². The zero-order valence-electron chi connectivity index (χ0n) is 63.2. The monoisotopic (exact) mass is 1410 g/mol. The first-order valence-electron chi connectivity index (χ1n) is 35.0. The maximum atomic E-state index is 15.5. The second kappa shape index (κ2) is 40.7. The van der Waals surface area contributed by atoms with Crippen molar-refractivity contribution in [2.75, 3.05) is 92.0 Å². The van der Waals surface area contributed by atoms with Crippen LogP contribution in [0.1, 0.15) is 163 Å². The van der Waals surface area contributed by atoms with Crippen LogP contribution in [0.15, 0.2) is 12.2 Å². The summed E-state index contributed by atoms with van der Waals surface area (Å²) >= 11 is 3.33. The summed E-state index contributed by atoms with van der Waals surface area (Å²) in [6.07, 6.45) is 3.17. The fourth-order valence-electron chi connectivity index (χ4n) is 12.4. The number of carbonyl (C=O) groups is 11. The summed E-state index contributed by atoms with van der Waals surface area (Å²) in [6.45, 7) is 31.8. The molecule has 2 fully saturated rings. The van der Waals surface area contributed by atoms with Gasteiger partial charge in [0.15, 0.2) is 0 Å². The second-order valence-electron chi connectivity index (χ2n) is 29.6. The number of thioether (sulfide) groups is 2. The molecule has 25 nitrogen and oxygen atoms in total. The van der Waals surface area contributed by atoms with Gasteiger partial charge in [-0.2, -0.15) is 23.5 Å². The molecule has 2 aliphatic heterocycles. The van der Waals surface area contributed by atoms with Crippen LogP contribution in [-0.2, 0) is 52.7 Å².